The van der Waals surface area contributed by atoms with Crippen molar-refractivity contribution in [1.29, 1.82) is 0 Å². The van der Waals surface area contributed by atoms with Crippen LogP contribution in [-0.2, 0) is 0 Å². The predicted molar refractivity (Wildman–Crippen MR) is 35.0 cm³/mol. The van der Waals surface area contributed by atoms with Gasteiger partial charge in [0.05, 0.1) is 0 Å². The smallest absolute Gasteiger partial charge is 0.894 e. The Labute approximate surface area is 220 Å². The molecule has 0 bridgehead atoms. The van der Waals surface area contributed by atoms with Crippen LogP contribution in [0.1, 0.15) is 0 Å². The fraction of sp³-hybridized carbons (Fsp3) is 0. The Balaban J connectivity index is -0.0000000206. The van der Waals surface area contributed by atoms with E-state index in [1.165, 1.54) is 0 Å². The van der Waals surface area contributed by atoms with Crippen molar-refractivity contribution in [2.75, 3.05) is 0 Å². The second-order valence-electron chi connectivity index (χ2n) is 1.70. The van der Waals surface area contributed by atoms with Crippen LogP contribution in [0.3, 0.4) is 0 Å². The van der Waals surface area contributed by atoms with Crippen molar-refractivity contribution in [2.45, 2.75) is 0 Å². The second kappa shape index (κ2) is 20.9. The molecule has 0 saturated carbocycles. The Hall–Kier alpha value is 4.81. The van der Waals surface area contributed by atoms with E-state index in [0.29, 0.717) is 0 Å². The molecule has 0 atom stereocenters. The van der Waals surface area contributed by atoms with Crippen molar-refractivity contribution in [2.24, 2.45) is 0 Å². The molecule has 19 heavy (non-hydrogen) atoms. The topological polar surface area (TPSA) is 254 Å². The van der Waals surface area contributed by atoms with E-state index in [0.717, 1.165) is 0 Å². The van der Waals surface area contributed by atoms with Gasteiger partial charge in [-0.3, -0.25) is 0 Å². The Morgan fingerprint density at radius 3 is 0.474 bits per heavy atom. The van der Waals surface area contributed by atoms with Crippen LogP contribution in [0.2, 0.25) is 0 Å². The third-order valence-electron chi connectivity index (χ3n) is 0. The first-order valence-corrected chi connectivity index (χ1v) is 7.82. The third-order valence-corrected chi connectivity index (χ3v) is 0. The quantitative estimate of drug-likeness (QED) is 0.179. The molecule has 12 nitrogen and oxygen atoms in total. The first kappa shape index (κ1) is 43.8. The summed E-state index contributed by atoms with van der Waals surface area (Å²) in [6.07, 6.45) is 0. The average Bonchev–Trinajstić information content (AvgIpc) is 1.41. The minimum Gasteiger partial charge on any atom is -0.894 e. The van der Waals surface area contributed by atoms with Crippen LogP contribution in [0, 0.1) is 0 Å². The normalized spacial score (nSPS) is 9.47. The van der Waals surface area contributed by atoms with Crippen LogP contribution in [0.25, 0.3) is 0 Å². The van der Waals surface area contributed by atoms with E-state index in [9.17, 15) is 0 Å². The first-order valence-electron chi connectivity index (χ1n) is 2.61. The fourth-order valence-electron chi connectivity index (χ4n) is 0. The van der Waals surface area contributed by atoms with Gasteiger partial charge in [-0.05, 0) is 0 Å². The molecule has 0 aromatic rings. The average molecular weight is 392 g/mol. The minimum absolute atomic E-state index is 0. The maximum Gasteiger partial charge on any atom is 1.00 e. The van der Waals surface area contributed by atoms with Gasteiger partial charge in [-0.2, -0.15) is 0 Å². The van der Waals surface area contributed by atoms with Crippen LogP contribution in [0.5, 0.6) is 0 Å². The van der Waals surface area contributed by atoms with E-state index in [1.807, 2.05) is 0 Å². The molecule has 19 heteroatoms. The Morgan fingerprint density at radius 2 is 0.474 bits per heavy atom. The monoisotopic (exact) mass is 392 g/mol. The zero-order valence-corrected chi connectivity index (χ0v) is 22.8. The van der Waals surface area contributed by atoms with Gasteiger partial charge in [0.1, 0.15) is 0 Å². The van der Waals surface area contributed by atoms with E-state index < -0.39 is 27.1 Å². The molecule has 0 fully saturated rings. The summed E-state index contributed by atoms with van der Waals surface area (Å²) in [5.41, 5.74) is 0. The summed E-state index contributed by atoms with van der Waals surface area (Å²) in [4.78, 5) is 92.9. The standard InChI is InChI=1S/K.3Na.2H4O4Si.O4Si/c;;;;3*1-5(2,3)4/h;;;;2*1-4H;/q4*+1;;;-4. The largest absolute Gasteiger partial charge is 1.00 e. The van der Waals surface area contributed by atoms with Crippen LogP contribution in [0.4, 0.5) is 0 Å². The van der Waals surface area contributed by atoms with Crippen LogP contribution in [0.15, 0.2) is 0 Å². The van der Waals surface area contributed by atoms with E-state index in [4.69, 9.17) is 57.5 Å². The first-order chi connectivity index (χ1) is 6.00. The molecule has 96 valence electrons. The van der Waals surface area contributed by atoms with Crippen molar-refractivity contribution < 1.29 is 198 Å². The van der Waals surface area contributed by atoms with Gasteiger partial charge in [0, 0.05) is 0 Å². The molecule has 0 radical (unpaired) electrons. The van der Waals surface area contributed by atoms with Gasteiger partial charge in [0.25, 0.3) is 0 Å². The van der Waals surface area contributed by atoms with Crippen molar-refractivity contribution in [3.8, 4) is 0 Å². The summed E-state index contributed by atoms with van der Waals surface area (Å²) in [6, 6.07) is 0. The summed E-state index contributed by atoms with van der Waals surface area (Å²) in [6.45, 7) is 0. The van der Waals surface area contributed by atoms with Crippen molar-refractivity contribution >= 4 is 27.1 Å². The van der Waals surface area contributed by atoms with Gasteiger partial charge < -0.3 is 66.6 Å². The van der Waals surface area contributed by atoms with Crippen molar-refractivity contribution in [1.82, 2.24) is 0 Å². The van der Waals surface area contributed by atoms with Crippen LogP contribution in [-0.4, -0.2) is 65.5 Å². The summed E-state index contributed by atoms with van der Waals surface area (Å²) >= 11 is 0. The summed E-state index contributed by atoms with van der Waals surface area (Å²) in [5.74, 6) is 0. The van der Waals surface area contributed by atoms with Gasteiger partial charge in [0.2, 0.25) is 0 Å². The maximum absolute atomic E-state index is 8.58. The van der Waals surface area contributed by atoms with Gasteiger partial charge in [-0.15, -0.1) is 0 Å². The van der Waals surface area contributed by atoms with Crippen molar-refractivity contribution in [3.63, 3.8) is 0 Å². The molecule has 0 aromatic carbocycles. The molecule has 0 spiro atoms. The predicted octanol–water partition coefficient (Wildman–Crippen LogP) is -22.3. The molecule has 0 aliphatic rings. The van der Waals surface area contributed by atoms with Gasteiger partial charge in [-0.1, -0.05) is 0 Å². The summed E-state index contributed by atoms with van der Waals surface area (Å²) < 4.78 is 0. The third kappa shape index (κ3) is 427. The molecule has 8 N–H and O–H groups in total. The van der Waals surface area contributed by atoms with Crippen LogP contribution >= 0.6 is 0 Å². The van der Waals surface area contributed by atoms with E-state index >= 15 is 0 Å². The van der Waals surface area contributed by atoms with Gasteiger partial charge in [-0.25, -0.2) is 0 Å². The van der Waals surface area contributed by atoms with E-state index in [2.05, 4.69) is 0 Å². The molecular weight excluding hydrogens is 384 g/mol. The Bertz CT molecular complexity index is 103. The molecule has 0 aliphatic heterocycles. The van der Waals surface area contributed by atoms with Crippen LogP contribution < -0.4 is 159 Å². The molecule has 0 amide bonds. The van der Waals surface area contributed by atoms with Gasteiger partial charge in [0.15, 0.2) is 0 Å². The number of hydrogen-bond donors (Lipinski definition) is 8. The number of hydrogen-bond acceptors (Lipinski definition) is 12. The second-order valence-corrected chi connectivity index (χ2v) is 5.10. The van der Waals surface area contributed by atoms with Crippen molar-refractivity contribution in [3.05, 3.63) is 0 Å². The molecule has 0 aliphatic carbocycles. The fourth-order valence-corrected chi connectivity index (χ4v) is 0. The molecule has 0 aromatic heterocycles. The maximum atomic E-state index is 8.58. The zero-order valence-electron chi connectivity index (χ0n) is 10.7. The zero-order chi connectivity index (χ0) is 13.5. The van der Waals surface area contributed by atoms with E-state index in [1.54, 1.807) is 0 Å². The molecule has 0 rings (SSSR count). The van der Waals surface area contributed by atoms with Gasteiger partial charge >= 0.3 is 158 Å². The summed E-state index contributed by atoms with van der Waals surface area (Å²) in [5, 5.41) is 0. The molecule has 0 heterocycles. The molecule has 0 unspecified atom stereocenters. The molecular formula is H8KNa3O12Si3. The Kier molecular flexibility index (Phi) is 48.1. The van der Waals surface area contributed by atoms with E-state index in [-0.39, 0.29) is 140 Å². The summed E-state index contributed by atoms with van der Waals surface area (Å²) in [7, 11) is -14.8. The Morgan fingerprint density at radius 1 is 0.474 bits per heavy atom. The molecule has 0 saturated heterocycles. The SMILES string of the molecule is O[Si](O)(O)O.O[Si](O)(O)O.[K+].[Na+].[Na+].[Na+].[O-][Si]([O-])([O-])[O-]. The minimum atomic E-state index is -5.61. The number of rotatable bonds is 0.